The maximum Gasteiger partial charge on any atom is 0.161 e. The minimum Gasteiger partial charge on any atom is -0.294 e. The molecule has 0 heterocycles. The number of halogens is 1. The van der Waals surface area contributed by atoms with Gasteiger partial charge in [-0.15, -0.1) is 0 Å². The molecule has 0 spiro atoms. The van der Waals surface area contributed by atoms with Gasteiger partial charge in [0.25, 0.3) is 0 Å². The summed E-state index contributed by atoms with van der Waals surface area (Å²) < 4.78 is 12.5. The van der Waals surface area contributed by atoms with Gasteiger partial charge in [-0.2, -0.15) is 10.5 Å². The van der Waals surface area contributed by atoms with Gasteiger partial charge >= 0.3 is 0 Å². The second kappa shape index (κ2) is 9.43. The first-order valence-electron chi connectivity index (χ1n) is 7.85. The third-order valence-electron chi connectivity index (χ3n) is 3.88. The first-order chi connectivity index (χ1) is 11.4. The molecule has 2 aliphatic carbocycles. The van der Waals surface area contributed by atoms with E-state index in [1.54, 1.807) is 19.1 Å². The third kappa shape index (κ3) is 5.82. The first-order valence-corrected chi connectivity index (χ1v) is 7.85. The van der Waals surface area contributed by atoms with Crippen LogP contribution in [-0.2, 0) is 4.79 Å². The normalized spacial score (nSPS) is 16.9. The molecule has 24 heavy (non-hydrogen) atoms. The Morgan fingerprint density at radius 1 is 1.29 bits per heavy atom. The van der Waals surface area contributed by atoms with Crippen molar-refractivity contribution in [3.63, 3.8) is 0 Å². The summed E-state index contributed by atoms with van der Waals surface area (Å²) in [6, 6.07) is 3.72. The molecule has 0 N–H and O–H groups in total. The summed E-state index contributed by atoms with van der Waals surface area (Å²) in [5.41, 5.74) is 2.11. The van der Waals surface area contributed by atoms with Crippen molar-refractivity contribution < 1.29 is 9.18 Å². The topological polar surface area (TPSA) is 64.7 Å². The van der Waals surface area contributed by atoms with Crippen molar-refractivity contribution in [3.05, 3.63) is 59.5 Å². The van der Waals surface area contributed by atoms with Gasteiger partial charge in [0, 0.05) is 11.5 Å². The number of Topliss-reactive ketones (excluding diaryl/α,β-unsaturated/α-hetero) is 1. The minimum absolute atomic E-state index is 0.164. The van der Waals surface area contributed by atoms with Gasteiger partial charge < -0.3 is 0 Å². The standard InChI is InChI=1S/C12H13NO.C8H8FN/c13-8-9-4-6-11(7-5-9)12(14)10-2-1-3-10;1-6(2)4-8(9)7(3)5-10/h4,6,10H,1-3,5,7H2;4H,1,3H2,2H3/b;8-4+. The number of allylic oxidation sites excluding steroid dienone is 8. The van der Waals surface area contributed by atoms with E-state index in [1.165, 1.54) is 12.5 Å². The monoisotopic (exact) mass is 324 g/mol. The number of rotatable bonds is 4. The highest BCUT2D eigenvalue weighted by Crippen LogP contribution is 2.32. The van der Waals surface area contributed by atoms with Crippen molar-refractivity contribution in [2.75, 3.05) is 0 Å². The molecule has 0 aromatic rings. The van der Waals surface area contributed by atoms with Crippen LogP contribution >= 0.6 is 0 Å². The number of carbonyl (C=O) groups excluding carboxylic acids is 1. The fraction of sp³-hybridized carbons (Fsp3) is 0.350. The summed E-state index contributed by atoms with van der Waals surface area (Å²) in [6.07, 6.45) is 9.61. The van der Waals surface area contributed by atoms with Crippen LogP contribution in [0.2, 0.25) is 0 Å². The molecule has 0 amide bonds. The predicted molar refractivity (Wildman–Crippen MR) is 92.1 cm³/mol. The Hall–Kier alpha value is -2.72. The fourth-order valence-corrected chi connectivity index (χ4v) is 2.23. The summed E-state index contributed by atoms with van der Waals surface area (Å²) in [5, 5.41) is 16.8. The van der Waals surface area contributed by atoms with Crippen molar-refractivity contribution in [1.82, 2.24) is 0 Å². The smallest absolute Gasteiger partial charge is 0.161 e. The van der Waals surface area contributed by atoms with Gasteiger partial charge in [0.15, 0.2) is 5.78 Å². The van der Waals surface area contributed by atoms with Crippen molar-refractivity contribution in [2.45, 2.75) is 39.0 Å². The Labute approximate surface area is 142 Å². The van der Waals surface area contributed by atoms with E-state index in [2.05, 4.69) is 19.2 Å². The number of carbonyl (C=O) groups is 1. The van der Waals surface area contributed by atoms with Crippen LogP contribution in [0, 0.1) is 28.6 Å². The molecule has 124 valence electrons. The average molecular weight is 324 g/mol. The van der Waals surface area contributed by atoms with Crippen molar-refractivity contribution in [2.24, 2.45) is 5.92 Å². The average Bonchev–Trinajstić information content (AvgIpc) is 2.52. The zero-order valence-electron chi connectivity index (χ0n) is 13.9. The molecular formula is C20H21FN2O. The zero-order chi connectivity index (χ0) is 18.1. The highest BCUT2D eigenvalue weighted by Gasteiger charge is 2.27. The molecule has 0 aromatic carbocycles. The Balaban J connectivity index is 0.000000257. The van der Waals surface area contributed by atoms with Gasteiger partial charge in [-0.1, -0.05) is 31.2 Å². The molecule has 3 nitrogen and oxygen atoms in total. The Kier molecular flexibility index (Phi) is 7.59. The van der Waals surface area contributed by atoms with E-state index in [1.807, 2.05) is 6.08 Å². The van der Waals surface area contributed by atoms with Crippen LogP contribution in [0.3, 0.4) is 0 Å². The number of nitrogens with zero attached hydrogens (tertiary/aromatic N) is 2. The molecule has 2 rings (SSSR count). The zero-order valence-corrected chi connectivity index (χ0v) is 13.9. The van der Waals surface area contributed by atoms with Crippen LogP contribution in [0.15, 0.2) is 59.5 Å². The third-order valence-corrected chi connectivity index (χ3v) is 3.88. The largest absolute Gasteiger partial charge is 0.294 e. The van der Waals surface area contributed by atoms with E-state index < -0.39 is 5.83 Å². The van der Waals surface area contributed by atoms with Crippen LogP contribution in [0.4, 0.5) is 4.39 Å². The summed E-state index contributed by atoms with van der Waals surface area (Å²) in [5.74, 6) is -0.00206. The molecule has 2 aliphatic rings. The van der Waals surface area contributed by atoms with Crippen LogP contribution in [0.25, 0.3) is 0 Å². The SMILES string of the molecule is C=C(C)/C=C(/F)C(=C)C#N.N#CC1=CC=C(C(=O)C2CCC2)CC1. The molecule has 1 saturated carbocycles. The van der Waals surface area contributed by atoms with Gasteiger partial charge in [-0.25, -0.2) is 4.39 Å². The Bertz CT molecular complexity index is 707. The molecule has 1 fully saturated rings. The summed E-state index contributed by atoms with van der Waals surface area (Å²) >= 11 is 0. The van der Waals surface area contributed by atoms with Crippen LogP contribution < -0.4 is 0 Å². The van der Waals surface area contributed by atoms with E-state index >= 15 is 0 Å². The number of hydrogen-bond acceptors (Lipinski definition) is 3. The minimum atomic E-state index is -0.616. The molecule has 0 radical (unpaired) electrons. The number of nitriles is 2. The second-order valence-corrected chi connectivity index (χ2v) is 5.92. The van der Waals surface area contributed by atoms with Gasteiger partial charge in [-0.05, 0) is 50.3 Å². The van der Waals surface area contributed by atoms with Gasteiger partial charge in [-0.3, -0.25) is 4.79 Å². The molecule has 4 heteroatoms. The molecular weight excluding hydrogens is 303 g/mol. The molecule has 0 atom stereocenters. The van der Waals surface area contributed by atoms with E-state index in [4.69, 9.17) is 10.5 Å². The van der Waals surface area contributed by atoms with Crippen molar-refractivity contribution in [3.8, 4) is 12.1 Å². The molecule has 0 aromatic heterocycles. The molecule has 0 saturated heterocycles. The molecule has 0 unspecified atom stereocenters. The lowest BCUT2D eigenvalue weighted by molar-refractivity contribution is -0.121. The maximum absolute atomic E-state index is 12.5. The Morgan fingerprint density at radius 3 is 2.33 bits per heavy atom. The predicted octanol–water partition coefficient (Wildman–Crippen LogP) is 5.02. The van der Waals surface area contributed by atoms with Gasteiger partial charge in [0.05, 0.1) is 11.6 Å². The Morgan fingerprint density at radius 2 is 1.96 bits per heavy atom. The highest BCUT2D eigenvalue weighted by atomic mass is 19.1. The molecule has 0 bridgehead atoms. The van der Waals surface area contributed by atoms with Gasteiger partial charge in [0.2, 0.25) is 0 Å². The van der Waals surface area contributed by atoms with E-state index in [-0.39, 0.29) is 5.57 Å². The lowest BCUT2D eigenvalue weighted by atomic mass is 9.78. The summed E-state index contributed by atoms with van der Waals surface area (Å²) in [7, 11) is 0. The van der Waals surface area contributed by atoms with E-state index in [0.717, 1.165) is 36.8 Å². The van der Waals surface area contributed by atoms with Crippen LogP contribution in [-0.4, -0.2) is 5.78 Å². The summed E-state index contributed by atoms with van der Waals surface area (Å²) in [6.45, 7) is 8.27. The van der Waals surface area contributed by atoms with Crippen molar-refractivity contribution in [1.29, 1.82) is 10.5 Å². The summed E-state index contributed by atoms with van der Waals surface area (Å²) in [4.78, 5) is 11.8. The maximum atomic E-state index is 12.5. The lowest BCUT2D eigenvalue weighted by Gasteiger charge is -2.25. The van der Waals surface area contributed by atoms with Crippen molar-refractivity contribution >= 4 is 5.78 Å². The van der Waals surface area contributed by atoms with Crippen LogP contribution in [0.1, 0.15) is 39.0 Å². The quantitative estimate of drug-likeness (QED) is 0.538. The van der Waals surface area contributed by atoms with E-state index in [0.29, 0.717) is 17.3 Å². The van der Waals surface area contributed by atoms with Gasteiger partial charge in [0.1, 0.15) is 11.9 Å². The number of ketones is 1. The van der Waals surface area contributed by atoms with E-state index in [9.17, 15) is 9.18 Å². The van der Waals surface area contributed by atoms with Crippen LogP contribution in [0.5, 0.6) is 0 Å². The molecule has 0 aliphatic heterocycles. The lowest BCUT2D eigenvalue weighted by Crippen LogP contribution is -2.23. The fourth-order valence-electron chi connectivity index (χ4n) is 2.23. The highest BCUT2D eigenvalue weighted by molar-refractivity contribution is 5.98. The number of hydrogen-bond donors (Lipinski definition) is 0. The second-order valence-electron chi connectivity index (χ2n) is 5.92. The first kappa shape index (κ1) is 19.3.